The Labute approximate surface area is 258 Å². The van der Waals surface area contributed by atoms with E-state index < -0.39 is 61.0 Å². The standard InChI is InChI=1S/C35H27NO9/c36-21-27-29(43-33(38)24-15-7-2-8-16-24)31(45-35(40)26-19-11-4-12-20-26)30(44-34(39)25-17-9-3-10-18-25)28(42-27)22-41-32(37)23-13-5-1-6-14-23/h1-20,27-31H,22H2/t27?,28-,29+,30-,31-/m1/s1. The van der Waals surface area contributed by atoms with Crippen LogP contribution in [0.4, 0.5) is 0 Å². The molecule has 1 fully saturated rings. The molecule has 1 heterocycles. The van der Waals surface area contributed by atoms with Crippen molar-refractivity contribution in [2.75, 3.05) is 6.61 Å². The average molecular weight is 606 g/mol. The van der Waals surface area contributed by atoms with Crippen molar-refractivity contribution in [3.05, 3.63) is 144 Å². The van der Waals surface area contributed by atoms with Gasteiger partial charge in [0.2, 0.25) is 0 Å². The fourth-order valence-electron chi connectivity index (χ4n) is 4.67. The molecule has 0 aromatic heterocycles. The Morgan fingerprint density at radius 3 is 1.29 bits per heavy atom. The maximum atomic E-state index is 13.4. The van der Waals surface area contributed by atoms with Crippen molar-refractivity contribution in [3.63, 3.8) is 0 Å². The van der Waals surface area contributed by atoms with Crippen LogP contribution in [0.1, 0.15) is 41.4 Å². The van der Waals surface area contributed by atoms with Gasteiger partial charge in [0.25, 0.3) is 0 Å². The van der Waals surface area contributed by atoms with Gasteiger partial charge >= 0.3 is 23.9 Å². The fraction of sp³-hybridized carbons (Fsp3) is 0.171. The van der Waals surface area contributed by atoms with Gasteiger partial charge in [-0.15, -0.1) is 0 Å². The first-order chi connectivity index (χ1) is 21.9. The molecule has 5 rings (SSSR count). The van der Waals surface area contributed by atoms with E-state index >= 15 is 0 Å². The van der Waals surface area contributed by atoms with E-state index in [1.54, 1.807) is 84.9 Å². The predicted octanol–water partition coefficient (Wildman–Crippen LogP) is 4.81. The highest BCUT2D eigenvalue weighted by atomic mass is 16.7. The molecule has 5 atom stereocenters. The summed E-state index contributed by atoms with van der Waals surface area (Å²) in [5.74, 6) is -3.17. The summed E-state index contributed by atoms with van der Waals surface area (Å²) in [7, 11) is 0. The summed E-state index contributed by atoms with van der Waals surface area (Å²) in [6.45, 7) is -0.489. The van der Waals surface area contributed by atoms with E-state index in [-0.39, 0.29) is 22.3 Å². The number of nitrogens with zero attached hydrogens (tertiary/aromatic N) is 1. The molecule has 1 aliphatic rings. The Balaban J connectivity index is 1.51. The summed E-state index contributed by atoms with van der Waals surface area (Å²) in [5.41, 5.74) is 0.750. The van der Waals surface area contributed by atoms with Crippen LogP contribution in [0, 0.1) is 11.3 Å². The van der Waals surface area contributed by atoms with Gasteiger partial charge in [-0.3, -0.25) is 0 Å². The molecule has 1 unspecified atom stereocenters. The number of carbonyl (C=O) groups excluding carboxylic acids is 4. The molecule has 4 aromatic carbocycles. The Kier molecular flexibility index (Phi) is 9.94. The second-order valence-electron chi connectivity index (χ2n) is 9.90. The van der Waals surface area contributed by atoms with Crippen LogP contribution in [-0.2, 0) is 23.7 Å². The predicted molar refractivity (Wildman–Crippen MR) is 158 cm³/mol. The molecule has 0 N–H and O–H groups in total. The van der Waals surface area contributed by atoms with Crippen molar-refractivity contribution >= 4 is 23.9 Å². The molecule has 0 aliphatic carbocycles. The summed E-state index contributed by atoms with van der Waals surface area (Å²) >= 11 is 0. The van der Waals surface area contributed by atoms with E-state index in [0.717, 1.165) is 0 Å². The molecule has 0 saturated carbocycles. The average Bonchev–Trinajstić information content (AvgIpc) is 3.10. The van der Waals surface area contributed by atoms with Crippen molar-refractivity contribution < 1.29 is 42.9 Å². The Bertz CT molecular complexity index is 1660. The summed E-state index contributed by atoms with van der Waals surface area (Å²) in [6, 6.07) is 34.1. The lowest BCUT2D eigenvalue weighted by Crippen LogP contribution is -2.62. The van der Waals surface area contributed by atoms with Gasteiger partial charge in [0.1, 0.15) is 12.7 Å². The largest absolute Gasteiger partial charge is 0.459 e. The van der Waals surface area contributed by atoms with Crippen LogP contribution in [0.25, 0.3) is 0 Å². The lowest BCUT2D eigenvalue weighted by Gasteiger charge is -2.42. The monoisotopic (exact) mass is 605 g/mol. The summed E-state index contributed by atoms with van der Waals surface area (Å²) in [6.07, 6.45) is -7.36. The molecule has 4 aromatic rings. The first kappa shape index (κ1) is 30.7. The van der Waals surface area contributed by atoms with E-state index in [1.807, 2.05) is 6.07 Å². The summed E-state index contributed by atoms with van der Waals surface area (Å²) < 4.78 is 28.9. The third-order valence-corrected chi connectivity index (χ3v) is 6.91. The van der Waals surface area contributed by atoms with E-state index in [0.29, 0.717) is 0 Å². The van der Waals surface area contributed by atoms with Gasteiger partial charge in [0.05, 0.1) is 28.3 Å². The lowest BCUT2D eigenvalue weighted by molar-refractivity contribution is -0.215. The molecule has 0 bridgehead atoms. The summed E-state index contributed by atoms with van der Waals surface area (Å²) in [4.78, 5) is 52.6. The van der Waals surface area contributed by atoms with Crippen molar-refractivity contribution in [1.29, 1.82) is 5.26 Å². The van der Waals surface area contributed by atoms with Crippen LogP contribution >= 0.6 is 0 Å². The van der Waals surface area contributed by atoms with E-state index in [2.05, 4.69) is 0 Å². The fourth-order valence-corrected chi connectivity index (χ4v) is 4.67. The van der Waals surface area contributed by atoms with Gasteiger partial charge in [0.15, 0.2) is 24.4 Å². The molecule has 10 heteroatoms. The molecule has 1 aliphatic heterocycles. The van der Waals surface area contributed by atoms with Gasteiger partial charge < -0.3 is 23.7 Å². The summed E-state index contributed by atoms with van der Waals surface area (Å²) in [5, 5.41) is 10.1. The number of esters is 4. The number of benzene rings is 4. The quantitative estimate of drug-likeness (QED) is 0.193. The molecule has 45 heavy (non-hydrogen) atoms. The highest BCUT2D eigenvalue weighted by Gasteiger charge is 2.53. The normalized spacial score (nSPS) is 20.6. The zero-order chi connectivity index (χ0) is 31.6. The van der Waals surface area contributed by atoms with Gasteiger partial charge in [-0.05, 0) is 48.5 Å². The Morgan fingerprint density at radius 2 is 0.889 bits per heavy atom. The maximum Gasteiger partial charge on any atom is 0.338 e. The number of nitriles is 1. The Hall–Kier alpha value is -5.79. The number of hydrogen-bond acceptors (Lipinski definition) is 10. The molecule has 0 spiro atoms. The second kappa shape index (κ2) is 14.6. The van der Waals surface area contributed by atoms with Crippen molar-refractivity contribution in [2.24, 2.45) is 0 Å². The number of carbonyl (C=O) groups is 4. The molecule has 10 nitrogen and oxygen atoms in total. The van der Waals surface area contributed by atoms with Crippen LogP contribution in [0.5, 0.6) is 0 Å². The van der Waals surface area contributed by atoms with Gasteiger partial charge in [-0.1, -0.05) is 72.8 Å². The van der Waals surface area contributed by atoms with Crippen molar-refractivity contribution in [3.8, 4) is 6.07 Å². The Morgan fingerprint density at radius 1 is 0.533 bits per heavy atom. The van der Waals surface area contributed by atoms with Crippen LogP contribution in [-0.4, -0.2) is 61.0 Å². The second-order valence-corrected chi connectivity index (χ2v) is 9.90. The SMILES string of the molecule is N#CC1O[C@H](COC(=O)c2ccccc2)[C@@H](OC(=O)c2ccccc2)[C@H](OC(=O)c2ccccc2)[C@H]1OC(=O)c1ccccc1. The van der Waals surface area contributed by atoms with Gasteiger partial charge in [0, 0.05) is 0 Å². The molecular formula is C35H27NO9. The number of rotatable bonds is 9. The smallest absolute Gasteiger partial charge is 0.338 e. The lowest BCUT2D eigenvalue weighted by atomic mass is 9.94. The molecule has 0 amide bonds. The molecular weight excluding hydrogens is 578 g/mol. The molecule has 0 radical (unpaired) electrons. The van der Waals surface area contributed by atoms with Crippen molar-refractivity contribution in [2.45, 2.75) is 30.5 Å². The van der Waals surface area contributed by atoms with Crippen LogP contribution < -0.4 is 0 Å². The van der Waals surface area contributed by atoms with Crippen molar-refractivity contribution in [1.82, 2.24) is 0 Å². The zero-order valence-electron chi connectivity index (χ0n) is 23.8. The number of hydrogen-bond donors (Lipinski definition) is 0. The topological polar surface area (TPSA) is 138 Å². The highest BCUT2D eigenvalue weighted by molar-refractivity contribution is 5.91. The highest BCUT2D eigenvalue weighted by Crippen LogP contribution is 2.31. The third-order valence-electron chi connectivity index (χ3n) is 6.91. The van der Waals surface area contributed by atoms with E-state index in [4.69, 9.17) is 23.7 Å². The van der Waals surface area contributed by atoms with Crippen LogP contribution in [0.3, 0.4) is 0 Å². The molecule has 1 saturated heterocycles. The first-order valence-corrected chi connectivity index (χ1v) is 14.0. The van der Waals surface area contributed by atoms with Crippen LogP contribution in [0.2, 0.25) is 0 Å². The maximum absolute atomic E-state index is 13.4. The molecule has 226 valence electrons. The minimum atomic E-state index is -1.54. The first-order valence-electron chi connectivity index (χ1n) is 14.0. The van der Waals surface area contributed by atoms with Crippen LogP contribution in [0.15, 0.2) is 121 Å². The van der Waals surface area contributed by atoms with E-state index in [1.165, 1.54) is 36.4 Å². The van der Waals surface area contributed by atoms with Gasteiger partial charge in [-0.2, -0.15) is 5.26 Å². The minimum absolute atomic E-state index is 0.158. The number of ether oxygens (including phenoxy) is 5. The van der Waals surface area contributed by atoms with Gasteiger partial charge in [-0.25, -0.2) is 19.2 Å². The minimum Gasteiger partial charge on any atom is -0.459 e. The van der Waals surface area contributed by atoms with E-state index in [9.17, 15) is 24.4 Å². The zero-order valence-corrected chi connectivity index (χ0v) is 23.8. The third kappa shape index (κ3) is 7.60.